The molecule has 2 rings (SSSR count). The maximum Gasteiger partial charge on any atom is 0.241 e. The monoisotopic (exact) mass is 335 g/mol. The highest BCUT2D eigenvalue weighted by molar-refractivity contribution is 6.32. The number of nitrogens with one attached hydrogen (secondary N) is 1. The summed E-state index contributed by atoms with van der Waals surface area (Å²) in [5.74, 6) is 0.879. The fourth-order valence-corrected chi connectivity index (χ4v) is 3.19. The van der Waals surface area contributed by atoms with Gasteiger partial charge in [-0.15, -0.1) is 0 Å². The number of carbonyl (C=O) groups excluding carboxylic acids is 1. The first-order chi connectivity index (χ1) is 11.0. The standard InChI is InChI=1S/C17H22ClN3O2/c1-12-5-3-4-6-15(12)20-17(22)10-21(11-19)13-7-8-16(23-2)14(18)9-13/h7-9,12,15H,3-6,10H2,1-2H3,(H,20,22). The van der Waals surface area contributed by atoms with Crippen LogP contribution in [0.2, 0.25) is 5.02 Å². The minimum Gasteiger partial charge on any atom is -0.495 e. The van der Waals surface area contributed by atoms with E-state index in [0.717, 1.165) is 19.3 Å². The summed E-state index contributed by atoms with van der Waals surface area (Å²) in [6, 6.07) is 5.23. The van der Waals surface area contributed by atoms with Crippen molar-refractivity contribution in [2.75, 3.05) is 18.6 Å². The molecule has 124 valence electrons. The van der Waals surface area contributed by atoms with Crippen molar-refractivity contribution in [1.82, 2.24) is 5.32 Å². The van der Waals surface area contributed by atoms with Gasteiger partial charge in [0.25, 0.3) is 0 Å². The van der Waals surface area contributed by atoms with Gasteiger partial charge in [0.2, 0.25) is 5.91 Å². The van der Waals surface area contributed by atoms with Gasteiger partial charge in [-0.3, -0.25) is 9.69 Å². The molecule has 0 saturated heterocycles. The van der Waals surface area contributed by atoms with Gasteiger partial charge in [-0.2, -0.15) is 5.26 Å². The van der Waals surface area contributed by atoms with Crippen molar-refractivity contribution in [3.8, 4) is 11.9 Å². The lowest BCUT2D eigenvalue weighted by molar-refractivity contribution is -0.120. The number of nitrogens with zero attached hydrogens (tertiary/aromatic N) is 2. The third-order valence-corrected chi connectivity index (χ3v) is 4.62. The topological polar surface area (TPSA) is 65.4 Å². The Bertz CT molecular complexity index is 600. The molecule has 1 amide bonds. The molecular formula is C17H22ClN3O2. The third-order valence-electron chi connectivity index (χ3n) is 4.33. The zero-order valence-electron chi connectivity index (χ0n) is 13.5. The van der Waals surface area contributed by atoms with E-state index < -0.39 is 0 Å². The first kappa shape index (κ1) is 17.4. The second-order valence-electron chi connectivity index (χ2n) is 5.94. The molecule has 0 heterocycles. The molecule has 23 heavy (non-hydrogen) atoms. The average Bonchev–Trinajstić information content (AvgIpc) is 2.54. The predicted molar refractivity (Wildman–Crippen MR) is 90.5 cm³/mol. The van der Waals surface area contributed by atoms with Gasteiger partial charge in [0.05, 0.1) is 17.8 Å². The number of ether oxygens (including phenoxy) is 1. The molecule has 2 atom stereocenters. The largest absolute Gasteiger partial charge is 0.495 e. The van der Waals surface area contributed by atoms with E-state index >= 15 is 0 Å². The minimum absolute atomic E-state index is 0.0115. The lowest BCUT2D eigenvalue weighted by atomic mass is 9.86. The van der Waals surface area contributed by atoms with Crippen LogP contribution >= 0.6 is 11.6 Å². The summed E-state index contributed by atoms with van der Waals surface area (Å²) in [7, 11) is 1.53. The molecule has 1 fully saturated rings. The molecule has 6 heteroatoms. The lowest BCUT2D eigenvalue weighted by Gasteiger charge is -2.30. The van der Waals surface area contributed by atoms with Crippen LogP contribution in [0.3, 0.4) is 0 Å². The zero-order chi connectivity index (χ0) is 16.8. The number of nitriles is 1. The van der Waals surface area contributed by atoms with Crippen LogP contribution < -0.4 is 15.0 Å². The maximum atomic E-state index is 12.2. The van der Waals surface area contributed by atoms with Crippen molar-refractivity contribution in [2.24, 2.45) is 5.92 Å². The number of hydrogen-bond acceptors (Lipinski definition) is 4. The molecule has 1 saturated carbocycles. The summed E-state index contributed by atoms with van der Waals surface area (Å²) in [5.41, 5.74) is 0.574. The van der Waals surface area contributed by atoms with E-state index in [-0.39, 0.29) is 18.5 Å². The summed E-state index contributed by atoms with van der Waals surface area (Å²) < 4.78 is 5.09. The zero-order valence-corrected chi connectivity index (χ0v) is 14.3. The fraction of sp³-hybridized carbons (Fsp3) is 0.529. The number of halogens is 1. The van der Waals surface area contributed by atoms with E-state index in [1.165, 1.54) is 18.4 Å². The number of carbonyl (C=O) groups is 1. The summed E-state index contributed by atoms with van der Waals surface area (Å²) in [5, 5.41) is 12.8. The Hall–Kier alpha value is -1.93. The Morgan fingerprint density at radius 3 is 2.83 bits per heavy atom. The third kappa shape index (κ3) is 4.52. The fourth-order valence-electron chi connectivity index (χ4n) is 2.93. The molecule has 0 bridgehead atoms. The van der Waals surface area contributed by atoms with E-state index in [2.05, 4.69) is 12.2 Å². The molecule has 5 nitrogen and oxygen atoms in total. The van der Waals surface area contributed by atoms with Crippen molar-refractivity contribution in [3.05, 3.63) is 23.2 Å². The van der Waals surface area contributed by atoms with Crippen molar-refractivity contribution in [2.45, 2.75) is 38.6 Å². The van der Waals surface area contributed by atoms with Gasteiger partial charge in [-0.05, 0) is 37.0 Å². The van der Waals surface area contributed by atoms with Crippen molar-refractivity contribution in [1.29, 1.82) is 5.26 Å². The summed E-state index contributed by atoms with van der Waals surface area (Å²) in [6.45, 7) is 2.15. The van der Waals surface area contributed by atoms with E-state index in [4.69, 9.17) is 16.3 Å². The summed E-state index contributed by atoms with van der Waals surface area (Å²) in [6.07, 6.45) is 6.55. The van der Waals surface area contributed by atoms with Gasteiger partial charge in [-0.1, -0.05) is 31.4 Å². The highest BCUT2D eigenvalue weighted by Crippen LogP contribution is 2.29. The molecule has 0 radical (unpaired) electrons. The molecule has 0 aromatic heterocycles. The van der Waals surface area contributed by atoms with Crippen LogP contribution in [0.5, 0.6) is 5.75 Å². The molecule has 1 aliphatic rings. The highest BCUT2D eigenvalue weighted by atomic mass is 35.5. The second kappa shape index (κ2) is 8.07. The van der Waals surface area contributed by atoms with Crippen molar-refractivity contribution in [3.63, 3.8) is 0 Å². The molecule has 1 aromatic rings. The second-order valence-corrected chi connectivity index (χ2v) is 6.35. The molecule has 1 aliphatic carbocycles. The average molecular weight is 336 g/mol. The SMILES string of the molecule is COc1ccc(N(C#N)CC(=O)NC2CCCCC2C)cc1Cl. The van der Waals surface area contributed by atoms with Crippen LogP contribution in [-0.2, 0) is 4.79 Å². The number of amides is 1. The molecular weight excluding hydrogens is 314 g/mol. The van der Waals surface area contributed by atoms with Gasteiger partial charge < -0.3 is 10.1 Å². The number of benzene rings is 1. The molecule has 1 N–H and O–H groups in total. The van der Waals surface area contributed by atoms with Gasteiger partial charge in [0.1, 0.15) is 12.3 Å². The molecule has 0 aliphatic heterocycles. The van der Waals surface area contributed by atoms with Crippen LogP contribution in [0.4, 0.5) is 5.69 Å². The Kier molecular flexibility index (Phi) is 6.12. The summed E-state index contributed by atoms with van der Waals surface area (Å²) >= 11 is 6.08. The molecule has 2 unspecified atom stereocenters. The predicted octanol–water partition coefficient (Wildman–Crippen LogP) is 3.33. The van der Waals surface area contributed by atoms with Crippen molar-refractivity contribution < 1.29 is 9.53 Å². The van der Waals surface area contributed by atoms with E-state index in [9.17, 15) is 10.1 Å². The Balaban J connectivity index is 2.00. The first-order valence-corrected chi connectivity index (χ1v) is 8.23. The number of rotatable bonds is 5. The Morgan fingerprint density at radius 2 is 2.22 bits per heavy atom. The van der Waals surface area contributed by atoms with Crippen LogP contribution in [0.15, 0.2) is 18.2 Å². The minimum atomic E-state index is -0.141. The van der Waals surface area contributed by atoms with E-state index in [0.29, 0.717) is 22.4 Å². The normalized spacial score (nSPS) is 20.4. The number of anilines is 1. The maximum absolute atomic E-state index is 12.2. The van der Waals surface area contributed by atoms with Gasteiger partial charge in [0, 0.05) is 6.04 Å². The number of hydrogen-bond donors (Lipinski definition) is 1. The lowest BCUT2D eigenvalue weighted by Crippen LogP contribution is -2.45. The van der Waals surface area contributed by atoms with Crippen LogP contribution in [0, 0.1) is 17.4 Å². The van der Waals surface area contributed by atoms with Crippen LogP contribution in [0.25, 0.3) is 0 Å². The smallest absolute Gasteiger partial charge is 0.241 e. The van der Waals surface area contributed by atoms with Crippen molar-refractivity contribution >= 4 is 23.2 Å². The highest BCUT2D eigenvalue weighted by Gasteiger charge is 2.23. The molecule has 1 aromatic carbocycles. The van der Waals surface area contributed by atoms with Gasteiger partial charge in [-0.25, -0.2) is 0 Å². The number of methoxy groups -OCH3 is 1. The van der Waals surface area contributed by atoms with Gasteiger partial charge in [0.15, 0.2) is 6.19 Å². The van der Waals surface area contributed by atoms with Crippen LogP contribution in [-0.4, -0.2) is 25.6 Å². The first-order valence-electron chi connectivity index (χ1n) is 7.85. The van der Waals surface area contributed by atoms with E-state index in [1.807, 2.05) is 6.19 Å². The summed E-state index contributed by atoms with van der Waals surface area (Å²) in [4.78, 5) is 13.6. The Morgan fingerprint density at radius 1 is 1.48 bits per heavy atom. The molecule has 0 spiro atoms. The van der Waals surface area contributed by atoms with Gasteiger partial charge >= 0.3 is 0 Å². The Labute approximate surface area is 142 Å². The van der Waals surface area contributed by atoms with E-state index in [1.54, 1.807) is 18.2 Å². The van der Waals surface area contributed by atoms with Crippen LogP contribution in [0.1, 0.15) is 32.6 Å². The quantitative estimate of drug-likeness (QED) is 0.662.